The smallest absolute Gasteiger partial charge is 0.242 e. The van der Waals surface area contributed by atoms with Gasteiger partial charge in [-0.1, -0.05) is 60.7 Å². The predicted molar refractivity (Wildman–Crippen MR) is 161 cm³/mol. The second-order valence-corrected chi connectivity index (χ2v) is 9.05. The van der Waals surface area contributed by atoms with Gasteiger partial charge in [0.2, 0.25) is 11.8 Å². The highest BCUT2D eigenvalue weighted by Gasteiger charge is 2.21. The fourth-order valence-electron chi connectivity index (χ4n) is 3.94. The Morgan fingerprint density at radius 3 is 2.20 bits per heavy atom. The summed E-state index contributed by atoms with van der Waals surface area (Å²) in [6.07, 6.45) is 2.31. The highest BCUT2D eigenvalue weighted by Crippen LogP contribution is 2.24. The monoisotopic (exact) mass is 572 g/mol. The van der Waals surface area contributed by atoms with E-state index in [1.165, 1.54) is 0 Å². The third-order valence-electron chi connectivity index (χ3n) is 6.08. The van der Waals surface area contributed by atoms with Crippen LogP contribution in [0, 0.1) is 5.41 Å². The van der Waals surface area contributed by atoms with Crippen molar-refractivity contribution in [3.05, 3.63) is 126 Å². The number of amidine groups is 1. The van der Waals surface area contributed by atoms with Crippen molar-refractivity contribution in [2.75, 3.05) is 13.1 Å². The van der Waals surface area contributed by atoms with Crippen LogP contribution in [0.2, 0.25) is 0 Å². The number of nitrogens with one attached hydrogen (secondary N) is 4. The highest BCUT2D eigenvalue weighted by atomic mass is 35.5. The molecule has 10 heteroatoms. The Labute approximate surface area is 245 Å². The van der Waals surface area contributed by atoms with Gasteiger partial charge >= 0.3 is 0 Å². The summed E-state index contributed by atoms with van der Waals surface area (Å²) in [5.41, 5.74) is 8.69. The third kappa shape index (κ3) is 9.75. The van der Waals surface area contributed by atoms with Gasteiger partial charge in [-0.2, -0.15) is 0 Å². The molecule has 41 heavy (non-hydrogen) atoms. The van der Waals surface area contributed by atoms with Crippen LogP contribution in [0.1, 0.15) is 28.4 Å². The van der Waals surface area contributed by atoms with E-state index in [9.17, 15) is 9.59 Å². The van der Waals surface area contributed by atoms with E-state index < -0.39 is 6.04 Å². The Bertz CT molecular complexity index is 1400. The molecule has 1 unspecified atom stereocenters. The minimum atomic E-state index is -0.723. The maximum absolute atomic E-state index is 13.2. The molecule has 1 aromatic heterocycles. The molecule has 1 atom stereocenters. The lowest BCUT2D eigenvalue weighted by Gasteiger charge is -2.19. The number of halogens is 1. The van der Waals surface area contributed by atoms with Gasteiger partial charge in [0, 0.05) is 37.0 Å². The number of hydrogen-bond acceptors (Lipinski definition) is 6. The van der Waals surface area contributed by atoms with Crippen LogP contribution in [0.3, 0.4) is 0 Å². The summed E-state index contributed by atoms with van der Waals surface area (Å²) in [4.78, 5) is 29.9. The quantitative estimate of drug-likeness (QED) is 0.122. The average Bonchev–Trinajstić information content (AvgIpc) is 2.98. The number of carbonyl (C=O) groups is 2. The SMILES string of the molecule is Cl.N=C(N)c1ccc(CNC(C(=O)NCC(=O)NCCc2ccccn2)c2ccc(Oc3ccccc3)cc2)cc1. The van der Waals surface area contributed by atoms with Gasteiger partial charge in [-0.3, -0.25) is 25.3 Å². The highest BCUT2D eigenvalue weighted by molar-refractivity contribution is 5.94. The summed E-state index contributed by atoms with van der Waals surface area (Å²) >= 11 is 0. The van der Waals surface area contributed by atoms with Gasteiger partial charge in [-0.25, -0.2) is 0 Å². The van der Waals surface area contributed by atoms with E-state index in [1.807, 2.05) is 72.8 Å². The summed E-state index contributed by atoms with van der Waals surface area (Å²) in [6, 6.07) is 28.8. The molecule has 0 bridgehead atoms. The van der Waals surface area contributed by atoms with Crippen molar-refractivity contribution in [2.24, 2.45) is 5.73 Å². The van der Waals surface area contributed by atoms with Crippen molar-refractivity contribution in [1.29, 1.82) is 5.41 Å². The standard InChI is InChI=1S/C31H32N6O3.ClH/c32-30(33)24-11-9-22(10-12-24)20-36-29(23-13-15-27(16-14-23)40-26-7-2-1-3-8-26)31(39)37-21-28(38)35-19-17-25-6-4-5-18-34-25;/h1-16,18,29,36H,17,19-21H2,(H3,32,33)(H,35,38)(H,37,39);1H. The van der Waals surface area contributed by atoms with Gasteiger partial charge in [0.1, 0.15) is 23.4 Å². The molecule has 6 N–H and O–H groups in total. The van der Waals surface area contributed by atoms with E-state index in [2.05, 4.69) is 20.9 Å². The maximum atomic E-state index is 13.2. The first-order valence-corrected chi connectivity index (χ1v) is 12.9. The third-order valence-corrected chi connectivity index (χ3v) is 6.08. The van der Waals surface area contributed by atoms with Gasteiger partial charge in [-0.15, -0.1) is 12.4 Å². The zero-order valence-electron chi connectivity index (χ0n) is 22.4. The summed E-state index contributed by atoms with van der Waals surface area (Å²) in [7, 11) is 0. The lowest BCUT2D eigenvalue weighted by molar-refractivity contribution is -0.127. The van der Waals surface area contributed by atoms with Crippen LogP contribution < -0.4 is 26.4 Å². The predicted octanol–water partition coefficient (Wildman–Crippen LogP) is 3.89. The molecule has 0 saturated carbocycles. The first kappa shape index (κ1) is 30.8. The number of hydrogen-bond donors (Lipinski definition) is 5. The van der Waals surface area contributed by atoms with Crippen molar-refractivity contribution >= 4 is 30.1 Å². The number of aromatic nitrogens is 1. The Hall–Kier alpha value is -4.73. The van der Waals surface area contributed by atoms with Gasteiger partial charge in [-0.05, 0) is 47.5 Å². The van der Waals surface area contributed by atoms with E-state index in [0.29, 0.717) is 42.1 Å². The largest absolute Gasteiger partial charge is 0.457 e. The molecule has 0 spiro atoms. The normalized spacial score (nSPS) is 11.0. The molecule has 0 fully saturated rings. The lowest BCUT2D eigenvalue weighted by atomic mass is 10.0. The maximum Gasteiger partial charge on any atom is 0.242 e. The van der Waals surface area contributed by atoms with Crippen molar-refractivity contribution in [3.63, 3.8) is 0 Å². The summed E-state index contributed by atoms with van der Waals surface area (Å²) in [5.74, 6) is 0.728. The molecule has 0 aliphatic rings. The fraction of sp³-hybridized carbons (Fsp3) is 0.161. The van der Waals surface area contributed by atoms with Gasteiger partial charge in [0.15, 0.2) is 0 Å². The number of carbonyl (C=O) groups excluding carboxylic acids is 2. The van der Waals surface area contributed by atoms with Crippen LogP contribution in [-0.2, 0) is 22.6 Å². The average molecular weight is 573 g/mol. The molecule has 0 radical (unpaired) electrons. The second-order valence-electron chi connectivity index (χ2n) is 9.05. The lowest BCUT2D eigenvalue weighted by Crippen LogP contribution is -2.42. The zero-order valence-corrected chi connectivity index (χ0v) is 23.2. The van der Waals surface area contributed by atoms with Crippen LogP contribution >= 0.6 is 12.4 Å². The minimum Gasteiger partial charge on any atom is -0.457 e. The Kier molecular flexibility index (Phi) is 11.8. The molecule has 2 amide bonds. The number of nitrogens with two attached hydrogens (primary N) is 1. The topological polar surface area (TPSA) is 142 Å². The van der Waals surface area contributed by atoms with Crippen LogP contribution in [0.5, 0.6) is 11.5 Å². The van der Waals surface area contributed by atoms with E-state index in [-0.39, 0.29) is 36.6 Å². The van der Waals surface area contributed by atoms with E-state index in [1.54, 1.807) is 30.5 Å². The number of para-hydroxylation sites is 1. The number of benzene rings is 3. The van der Waals surface area contributed by atoms with Crippen LogP contribution in [0.25, 0.3) is 0 Å². The number of nitrogens with zero attached hydrogens (tertiary/aromatic N) is 1. The van der Waals surface area contributed by atoms with Crippen LogP contribution in [0.15, 0.2) is 103 Å². The molecule has 3 aromatic carbocycles. The molecule has 4 aromatic rings. The van der Waals surface area contributed by atoms with E-state index in [0.717, 1.165) is 11.3 Å². The van der Waals surface area contributed by atoms with Crippen molar-refractivity contribution in [2.45, 2.75) is 19.0 Å². The molecule has 0 aliphatic carbocycles. The first-order chi connectivity index (χ1) is 19.5. The molecular formula is C31H33ClN6O3. The molecule has 1 heterocycles. The molecule has 4 rings (SSSR count). The molecule has 0 aliphatic heterocycles. The van der Waals surface area contributed by atoms with E-state index in [4.69, 9.17) is 15.9 Å². The number of rotatable bonds is 13. The van der Waals surface area contributed by atoms with Crippen LogP contribution in [-0.4, -0.2) is 35.7 Å². The van der Waals surface area contributed by atoms with Gasteiger partial charge in [0.25, 0.3) is 0 Å². The van der Waals surface area contributed by atoms with Crippen molar-refractivity contribution < 1.29 is 14.3 Å². The van der Waals surface area contributed by atoms with Gasteiger partial charge in [0.05, 0.1) is 6.54 Å². The summed E-state index contributed by atoms with van der Waals surface area (Å²) in [6.45, 7) is 0.656. The first-order valence-electron chi connectivity index (χ1n) is 12.9. The second kappa shape index (κ2) is 15.8. The van der Waals surface area contributed by atoms with E-state index >= 15 is 0 Å². The van der Waals surface area contributed by atoms with Crippen molar-refractivity contribution in [1.82, 2.24) is 20.9 Å². The molecule has 212 valence electrons. The molecule has 9 nitrogen and oxygen atoms in total. The molecular weight excluding hydrogens is 540 g/mol. The zero-order chi connectivity index (χ0) is 28.2. The Balaban J connectivity index is 0.00000462. The fourth-order valence-corrected chi connectivity index (χ4v) is 3.94. The number of ether oxygens (including phenoxy) is 1. The number of amides is 2. The molecule has 0 saturated heterocycles. The summed E-state index contributed by atoms with van der Waals surface area (Å²) < 4.78 is 5.88. The van der Waals surface area contributed by atoms with Gasteiger partial charge < -0.3 is 21.1 Å². The Morgan fingerprint density at radius 1 is 0.854 bits per heavy atom. The summed E-state index contributed by atoms with van der Waals surface area (Å²) in [5, 5.41) is 16.4. The van der Waals surface area contributed by atoms with Crippen molar-refractivity contribution in [3.8, 4) is 11.5 Å². The minimum absolute atomic E-state index is 0. The number of nitrogen functional groups attached to an aromatic ring is 1. The van der Waals surface area contributed by atoms with Crippen LogP contribution in [0.4, 0.5) is 0 Å². The Morgan fingerprint density at radius 2 is 1.54 bits per heavy atom. The number of pyridine rings is 1.